The van der Waals surface area contributed by atoms with E-state index in [1.807, 2.05) is 32.6 Å². The van der Waals surface area contributed by atoms with Gasteiger partial charge in [0.1, 0.15) is 0 Å². The highest BCUT2D eigenvalue weighted by molar-refractivity contribution is 7.92. The lowest BCUT2D eigenvalue weighted by atomic mass is 10.0. The summed E-state index contributed by atoms with van der Waals surface area (Å²) in [4.78, 5) is 30.3. The number of benzene rings is 1. The lowest BCUT2D eigenvalue weighted by Gasteiger charge is -2.17. The van der Waals surface area contributed by atoms with E-state index in [1.165, 1.54) is 0 Å². The molecule has 0 unspecified atom stereocenters. The van der Waals surface area contributed by atoms with Crippen LogP contribution in [0.4, 0.5) is 17.1 Å². The zero-order valence-electron chi connectivity index (χ0n) is 18.9. The van der Waals surface area contributed by atoms with E-state index >= 15 is 0 Å². The van der Waals surface area contributed by atoms with Crippen molar-refractivity contribution in [1.82, 2.24) is 9.88 Å². The quantitative estimate of drug-likeness (QED) is 0.452. The molecular formula is C22H29N5O4S. The lowest BCUT2D eigenvalue weighted by Crippen LogP contribution is -2.33. The van der Waals surface area contributed by atoms with Gasteiger partial charge in [0, 0.05) is 28.3 Å². The number of anilines is 3. The minimum atomic E-state index is -3.44. The van der Waals surface area contributed by atoms with Gasteiger partial charge in [-0.05, 0) is 56.8 Å². The number of hydrogen-bond donors (Lipinski definition) is 4. The summed E-state index contributed by atoms with van der Waals surface area (Å²) in [5, 5.41) is 5.76. The van der Waals surface area contributed by atoms with E-state index in [9.17, 15) is 18.0 Å². The van der Waals surface area contributed by atoms with Gasteiger partial charge in [-0.25, -0.2) is 8.42 Å². The second-order valence-corrected chi connectivity index (χ2v) is 9.57. The van der Waals surface area contributed by atoms with Crippen molar-refractivity contribution in [2.24, 2.45) is 0 Å². The highest BCUT2D eigenvalue weighted by Crippen LogP contribution is 2.36. The molecule has 1 aliphatic heterocycles. The van der Waals surface area contributed by atoms with Crippen LogP contribution >= 0.6 is 0 Å². The van der Waals surface area contributed by atoms with Crippen LogP contribution in [0.25, 0.3) is 11.6 Å². The summed E-state index contributed by atoms with van der Waals surface area (Å²) in [6.45, 7) is 9.63. The van der Waals surface area contributed by atoms with Gasteiger partial charge < -0.3 is 15.6 Å². The number of amides is 2. The number of aryl methyl sites for hydroxylation is 1. The molecule has 1 aliphatic rings. The Kier molecular flexibility index (Phi) is 6.75. The second-order valence-electron chi connectivity index (χ2n) is 7.82. The lowest BCUT2D eigenvalue weighted by molar-refractivity contribution is -0.117. The van der Waals surface area contributed by atoms with Crippen LogP contribution in [-0.4, -0.2) is 56.0 Å². The molecule has 0 radical (unpaired) electrons. The third-order valence-corrected chi connectivity index (χ3v) is 6.00. The van der Waals surface area contributed by atoms with Crippen LogP contribution in [0.5, 0.6) is 0 Å². The Morgan fingerprint density at radius 1 is 1.19 bits per heavy atom. The number of aromatic nitrogens is 1. The number of carbonyl (C=O) groups is 2. The fourth-order valence-electron chi connectivity index (χ4n) is 3.69. The molecule has 0 spiro atoms. The molecular weight excluding hydrogens is 430 g/mol. The Hall–Kier alpha value is -3.11. The molecule has 9 nitrogen and oxygen atoms in total. The van der Waals surface area contributed by atoms with E-state index in [0.29, 0.717) is 40.4 Å². The maximum atomic E-state index is 12.6. The summed E-state index contributed by atoms with van der Waals surface area (Å²) in [6, 6.07) is 4.88. The Labute approximate surface area is 188 Å². The van der Waals surface area contributed by atoms with Gasteiger partial charge in [0.25, 0.3) is 5.91 Å². The molecule has 4 N–H and O–H groups in total. The number of fused-ring (bicyclic) bond motifs is 1. The molecule has 0 saturated carbocycles. The topological polar surface area (TPSA) is 123 Å². The van der Waals surface area contributed by atoms with Crippen molar-refractivity contribution in [3.63, 3.8) is 0 Å². The Balaban J connectivity index is 1.91. The average molecular weight is 460 g/mol. The number of likely N-dealkylation sites (N-methyl/N-ethyl adjacent to an activating group) is 1. The fraction of sp³-hybridized carbons (Fsp3) is 0.364. The molecule has 2 heterocycles. The highest BCUT2D eigenvalue weighted by atomic mass is 32.2. The standard InChI is InChI=1S/C22H29N5O4S/c1-6-27(7-2)12-20(28)25-21-13(3)19(23-14(21)4)11-17-16-10-15(26-32(5,30)31)8-9-18(16)24-22(17)29/h8-11,23,26H,6-7,12H2,1-5H3,(H,24,29)(H,25,28)/b17-11-. The van der Waals surface area contributed by atoms with E-state index in [4.69, 9.17) is 0 Å². The van der Waals surface area contributed by atoms with Gasteiger partial charge in [-0.15, -0.1) is 0 Å². The van der Waals surface area contributed by atoms with Gasteiger partial charge in [-0.1, -0.05) is 13.8 Å². The predicted molar refractivity (Wildman–Crippen MR) is 128 cm³/mol. The highest BCUT2D eigenvalue weighted by Gasteiger charge is 2.26. The molecule has 2 amide bonds. The number of H-pyrrole nitrogens is 1. The van der Waals surface area contributed by atoms with Crippen molar-refractivity contribution < 1.29 is 18.0 Å². The molecule has 0 saturated heterocycles. The van der Waals surface area contributed by atoms with E-state index in [-0.39, 0.29) is 11.8 Å². The van der Waals surface area contributed by atoms with Gasteiger partial charge in [-0.3, -0.25) is 19.2 Å². The molecule has 1 aromatic heterocycles. The zero-order chi connectivity index (χ0) is 23.6. The van der Waals surface area contributed by atoms with Crippen molar-refractivity contribution in [2.75, 3.05) is 41.2 Å². The molecule has 0 aliphatic carbocycles. The average Bonchev–Trinajstić information content (AvgIpc) is 3.15. The van der Waals surface area contributed by atoms with Crippen LogP contribution in [0.3, 0.4) is 0 Å². The van der Waals surface area contributed by atoms with Crippen LogP contribution in [0.1, 0.15) is 36.4 Å². The maximum absolute atomic E-state index is 12.6. The van der Waals surface area contributed by atoms with Crippen LogP contribution in [-0.2, 0) is 19.6 Å². The number of rotatable bonds is 8. The van der Waals surface area contributed by atoms with Crippen molar-refractivity contribution in [1.29, 1.82) is 0 Å². The summed E-state index contributed by atoms with van der Waals surface area (Å²) in [6.07, 6.45) is 2.79. The van der Waals surface area contributed by atoms with Crippen molar-refractivity contribution in [2.45, 2.75) is 27.7 Å². The van der Waals surface area contributed by atoms with Crippen LogP contribution < -0.4 is 15.4 Å². The van der Waals surface area contributed by atoms with Crippen LogP contribution in [0, 0.1) is 13.8 Å². The normalized spacial score (nSPS) is 14.6. The Morgan fingerprint density at radius 3 is 2.50 bits per heavy atom. The summed E-state index contributed by atoms with van der Waals surface area (Å²) < 4.78 is 25.6. The molecule has 0 atom stereocenters. The smallest absolute Gasteiger partial charge is 0.256 e. The first-order valence-electron chi connectivity index (χ1n) is 10.4. The zero-order valence-corrected chi connectivity index (χ0v) is 19.7. The molecule has 2 aromatic rings. The largest absolute Gasteiger partial charge is 0.357 e. The summed E-state index contributed by atoms with van der Waals surface area (Å²) in [5.41, 5.74) is 4.97. The molecule has 3 rings (SSSR count). The summed E-state index contributed by atoms with van der Waals surface area (Å²) in [7, 11) is -3.44. The number of nitrogens with zero attached hydrogens (tertiary/aromatic N) is 1. The third kappa shape index (κ3) is 5.20. The number of sulfonamides is 1. The second kappa shape index (κ2) is 9.17. The SMILES string of the molecule is CCN(CC)CC(=O)Nc1c(C)[nH]c(/C=C2\C(=O)Nc3ccc(NS(C)(=O)=O)cc32)c1C. The molecule has 0 fully saturated rings. The molecule has 32 heavy (non-hydrogen) atoms. The number of nitrogens with one attached hydrogen (secondary N) is 4. The summed E-state index contributed by atoms with van der Waals surface area (Å²) >= 11 is 0. The van der Waals surface area contributed by atoms with Gasteiger partial charge in [0.15, 0.2) is 0 Å². The van der Waals surface area contributed by atoms with Gasteiger partial charge in [0.2, 0.25) is 15.9 Å². The number of hydrogen-bond acceptors (Lipinski definition) is 5. The van der Waals surface area contributed by atoms with Crippen LogP contribution in [0.15, 0.2) is 18.2 Å². The first kappa shape index (κ1) is 23.6. The van der Waals surface area contributed by atoms with Gasteiger partial charge in [0.05, 0.1) is 24.1 Å². The van der Waals surface area contributed by atoms with Gasteiger partial charge in [-0.2, -0.15) is 0 Å². The van der Waals surface area contributed by atoms with E-state index < -0.39 is 10.0 Å². The fourth-order valence-corrected chi connectivity index (χ4v) is 4.24. The molecule has 10 heteroatoms. The minimum Gasteiger partial charge on any atom is -0.357 e. The summed E-state index contributed by atoms with van der Waals surface area (Å²) in [5.74, 6) is -0.381. The van der Waals surface area contributed by atoms with Crippen molar-refractivity contribution >= 4 is 50.5 Å². The van der Waals surface area contributed by atoms with Crippen molar-refractivity contribution in [3.8, 4) is 0 Å². The maximum Gasteiger partial charge on any atom is 0.256 e. The molecule has 172 valence electrons. The Bertz CT molecular complexity index is 1190. The predicted octanol–water partition coefficient (Wildman–Crippen LogP) is 2.78. The van der Waals surface area contributed by atoms with E-state index in [1.54, 1.807) is 24.3 Å². The van der Waals surface area contributed by atoms with E-state index in [0.717, 1.165) is 30.6 Å². The first-order chi connectivity index (χ1) is 15.0. The number of carbonyl (C=O) groups excluding carboxylic acids is 2. The van der Waals surface area contributed by atoms with Crippen molar-refractivity contribution in [3.05, 3.63) is 40.7 Å². The third-order valence-electron chi connectivity index (χ3n) is 5.40. The number of aromatic amines is 1. The molecule has 0 bridgehead atoms. The first-order valence-corrected chi connectivity index (χ1v) is 12.3. The monoisotopic (exact) mass is 459 g/mol. The Morgan fingerprint density at radius 2 is 1.88 bits per heavy atom. The van der Waals surface area contributed by atoms with Crippen LogP contribution in [0.2, 0.25) is 0 Å². The van der Waals surface area contributed by atoms with E-state index in [2.05, 4.69) is 20.3 Å². The van der Waals surface area contributed by atoms with Gasteiger partial charge >= 0.3 is 0 Å². The molecule has 1 aromatic carbocycles. The minimum absolute atomic E-state index is 0.0986.